The Balaban J connectivity index is 1.54. The number of thioether (sulfide) groups is 1. The van der Waals surface area contributed by atoms with Crippen molar-refractivity contribution in [3.63, 3.8) is 0 Å². The van der Waals surface area contributed by atoms with Crippen LogP contribution >= 0.6 is 27.7 Å². The summed E-state index contributed by atoms with van der Waals surface area (Å²) in [4.78, 5) is 18.3. The Morgan fingerprint density at radius 1 is 1.11 bits per heavy atom. The van der Waals surface area contributed by atoms with Gasteiger partial charge in [0.2, 0.25) is 0 Å². The van der Waals surface area contributed by atoms with Crippen molar-refractivity contribution in [1.29, 1.82) is 0 Å². The van der Waals surface area contributed by atoms with Crippen molar-refractivity contribution >= 4 is 44.5 Å². The number of amidine groups is 1. The molecular formula is C28H27BrN4O3S. The van der Waals surface area contributed by atoms with Crippen LogP contribution in [0.15, 0.2) is 81.3 Å². The van der Waals surface area contributed by atoms with Gasteiger partial charge in [-0.1, -0.05) is 73.6 Å². The number of nitrogens with one attached hydrogen (secondary N) is 1. The number of methoxy groups -OCH3 is 1. The summed E-state index contributed by atoms with van der Waals surface area (Å²) in [5.74, 6) is 1.87. The number of hydrogen-bond acceptors (Lipinski definition) is 7. The smallest absolute Gasteiger partial charge is 0.276 e. The van der Waals surface area contributed by atoms with Crippen LogP contribution in [-0.2, 0) is 11.4 Å². The van der Waals surface area contributed by atoms with E-state index in [0.717, 1.165) is 44.8 Å². The molecule has 1 atom stereocenters. The second-order valence-electron chi connectivity index (χ2n) is 8.58. The fourth-order valence-corrected chi connectivity index (χ4v) is 5.69. The number of amides is 1. The van der Waals surface area contributed by atoms with Crippen LogP contribution in [-0.4, -0.2) is 28.9 Å². The average Bonchev–Trinajstić information content (AvgIpc) is 2.92. The molecule has 2 heterocycles. The van der Waals surface area contributed by atoms with Crippen LogP contribution in [0, 0.1) is 0 Å². The summed E-state index contributed by atoms with van der Waals surface area (Å²) in [6.45, 7) is 2.55. The zero-order valence-corrected chi connectivity index (χ0v) is 23.0. The van der Waals surface area contributed by atoms with Crippen LogP contribution in [0.3, 0.4) is 0 Å². The van der Waals surface area contributed by atoms with Crippen LogP contribution < -0.4 is 25.4 Å². The summed E-state index contributed by atoms with van der Waals surface area (Å²) in [5.41, 5.74) is 2.36. The van der Waals surface area contributed by atoms with Crippen molar-refractivity contribution in [2.24, 2.45) is 10.1 Å². The SMILES string of the molecule is CCCCSC1=NN2C(=c3ccccc3=N[C@@H]2c2cc(Br)c(OCc3ccccc3)c(OC)c2)C(=O)N1. The van der Waals surface area contributed by atoms with Crippen molar-refractivity contribution in [2.75, 3.05) is 12.9 Å². The molecule has 0 aromatic heterocycles. The molecular weight excluding hydrogens is 552 g/mol. The van der Waals surface area contributed by atoms with Crippen LogP contribution in [0.25, 0.3) is 5.70 Å². The predicted molar refractivity (Wildman–Crippen MR) is 150 cm³/mol. The van der Waals surface area contributed by atoms with Crippen LogP contribution in [0.2, 0.25) is 0 Å². The van der Waals surface area contributed by atoms with Crippen molar-refractivity contribution in [1.82, 2.24) is 10.3 Å². The van der Waals surface area contributed by atoms with Crippen molar-refractivity contribution in [3.05, 3.63) is 92.9 Å². The van der Waals surface area contributed by atoms with Gasteiger partial charge in [0.1, 0.15) is 12.3 Å². The zero-order valence-electron chi connectivity index (χ0n) is 20.6. The lowest BCUT2D eigenvalue weighted by molar-refractivity contribution is -0.116. The van der Waals surface area contributed by atoms with Crippen LogP contribution in [0.1, 0.15) is 37.1 Å². The number of unbranched alkanes of at least 4 members (excludes halogenated alkanes) is 1. The number of para-hydroxylation sites is 1. The van der Waals surface area contributed by atoms with Gasteiger partial charge in [-0.2, -0.15) is 0 Å². The van der Waals surface area contributed by atoms with Crippen molar-refractivity contribution in [3.8, 4) is 11.5 Å². The van der Waals surface area contributed by atoms with E-state index in [1.807, 2.05) is 66.7 Å². The molecule has 0 bridgehead atoms. The second-order valence-corrected chi connectivity index (χ2v) is 10.5. The predicted octanol–water partition coefficient (Wildman–Crippen LogP) is 4.71. The molecule has 0 unspecified atom stereocenters. The third kappa shape index (κ3) is 5.38. The fraction of sp³-hybridized carbons (Fsp3) is 0.250. The average molecular weight is 580 g/mol. The second kappa shape index (κ2) is 11.4. The third-order valence-electron chi connectivity index (χ3n) is 6.03. The molecule has 0 aliphatic carbocycles. The number of rotatable bonds is 8. The molecule has 0 radical (unpaired) electrons. The topological polar surface area (TPSA) is 75.5 Å². The van der Waals surface area contributed by atoms with Gasteiger partial charge in [-0.25, -0.2) is 5.01 Å². The summed E-state index contributed by atoms with van der Waals surface area (Å²) in [6, 6.07) is 21.5. The first-order valence-electron chi connectivity index (χ1n) is 12.1. The molecule has 2 aliphatic rings. The minimum Gasteiger partial charge on any atom is -0.493 e. The van der Waals surface area contributed by atoms with Gasteiger partial charge in [-0.3, -0.25) is 15.1 Å². The van der Waals surface area contributed by atoms with Gasteiger partial charge < -0.3 is 9.47 Å². The van der Waals surface area contributed by atoms with Crippen molar-refractivity contribution < 1.29 is 14.3 Å². The monoisotopic (exact) mass is 578 g/mol. The van der Waals surface area contributed by atoms with E-state index in [4.69, 9.17) is 19.6 Å². The number of carbonyl (C=O) groups is 1. The lowest BCUT2D eigenvalue weighted by Gasteiger charge is -2.34. The van der Waals surface area contributed by atoms with Crippen molar-refractivity contribution in [2.45, 2.75) is 32.5 Å². The molecule has 0 fully saturated rings. The molecule has 0 spiro atoms. The Kier molecular flexibility index (Phi) is 7.81. The molecule has 7 nitrogen and oxygen atoms in total. The van der Waals surface area contributed by atoms with E-state index in [1.54, 1.807) is 23.9 Å². The standard InChI is InChI=1S/C28H27BrN4O3S/c1-3-4-14-37-28-31-27(34)24-20-12-8-9-13-22(20)30-26(33(24)32-28)19-15-21(29)25(23(16-19)35-2)36-17-18-10-6-5-7-11-18/h5-13,15-16,26H,3-4,14,17H2,1-2H3,(H,31,32,34)/t26-/m0/s1. The van der Waals surface area contributed by atoms with Gasteiger partial charge in [0.25, 0.3) is 5.91 Å². The molecule has 1 amide bonds. The molecule has 37 heavy (non-hydrogen) atoms. The minimum absolute atomic E-state index is 0.185. The lowest BCUT2D eigenvalue weighted by Crippen LogP contribution is -2.50. The highest BCUT2D eigenvalue weighted by Crippen LogP contribution is 2.41. The molecule has 1 N–H and O–H groups in total. The van der Waals surface area contributed by atoms with Gasteiger partial charge in [0, 0.05) is 16.5 Å². The van der Waals surface area contributed by atoms with E-state index in [-0.39, 0.29) is 5.91 Å². The molecule has 190 valence electrons. The van der Waals surface area contributed by atoms with E-state index in [2.05, 4.69) is 28.2 Å². The van der Waals surface area contributed by atoms with Gasteiger partial charge in [0.05, 0.1) is 16.9 Å². The van der Waals surface area contributed by atoms with Gasteiger partial charge in [0.15, 0.2) is 22.8 Å². The molecule has 0 saturated carbocycles. The third-order valence-corrected chi connectivity index (χ3v) is 7.57. The first-order valence-corrected chi connectivity index (χ1v) is 13.9. The number of hydrazone groups is 1. The van der Waals surface area contributed by atoms with Gasteiger partial charge in [-0.15, -0.1) is 5.10 Å². The lowest BCUT2D eigenvalue weighted by atomic mass is 10.1. The maximum atomic E-state index is 13.3. The number of fused-ring (bicyclic) bond motifs is 2. The molecule has 9 heteroatoms. The van der Waals surface area contributed by atoms with Crippen LogP contribution in [0.4, 0.5) is 0 Å². The zero-order chi connectivity index (χ0) is 25.8. The summed E-state index contributed by atoms with van der Waals surface area (Å²) >= 11 is 5.22. The Labute approximate surface area is 228 Å². The fourth-order valence-electron chi connectivity index (χ4n) is 4.18. The maximum Gasteiger partial charge on any atom is 0.276 e. The number of halogens is 1. The highest BCUT2D eigenvalue weighted by molar-refractivity contribution is 9.10. The van der Waals surface area contributed by atoms with E-state index in [9.17, 15) is 4.79 Å². The highest BCUT2D eigenvalue weighted by Gasteiger charge is 2.35. The molecule has 0 saturated heterocycles. The number of carbonyl (C=O) groups excluding carboxylic acids is 1. The van der Waals surface area contributed by atoms with E-state index < -0.39 is 6.17 Å². The van der Waals surface area contributed by atoms with Crippen LogP contribution in [0.5, 0.6) is 11.5 Å². The summed E-state index contributed by atoms with van der Waals surface area (Å²) in [6.07, 6.45) is 1.57. The first-order chi connectivity index (χ1) is 18.1. The van der Waals surface area contributed by atoms with E-state index in [1.165, 1.54) is 0 Å². The molecule has 5 rings (SSSR count). The Hall–Kier alpha value is -3.30. The van der Waals surface area contributed by atoms with Gasteiger partial charge in [-0.05, 0) is 46.1 Å². The van der Waals surface area contributed by atoms with E-state index >= 15 is 0 Å². The summed E-state index contributed by atoms with van der Waals surface area (Å²) in [7, 11) is 1.61. The van der Waals surface area contributed by atoms with E-state index in [0.29, 0.717) is 29.0 Å². The molecule has 3 aromatic carbocycles. The Morgan fingerprint density at radius 2 is 1.89 bits per heavy atom. The Morgan fingerprint density at radius 3 is 2.68 bits per heavy atom. The number of nitrogens with zero attached hydrogens (tertiary/aromatic N) is 3. The number of hydrogen-bond donors (Lipinski definition) is 1. The quantitative estimate of drug-likeness (QED) is 0.392. The minimum atomic E-state index is -0.550. The molecule has 2 aliphatic heterocycles. The first kappa shape index (κ1) is 25.4. The molecule has 3 aromatic rings. The summed E-state index contributed by atoms with van der Waals surface area (Å²) in [5, 5.41) is 11.6. The number of ether oxygens (including phenoxy) is 2. The van der Waals surface area contributed by atoms with Gasteiger partial charge >= 0.3 is 0 Å². The maximum absolute atomic E-state index is 13.3. The highest BCUT2D eigenvalue weighted by atomic mass is 79.9. The number of benzene rings is 3. The Bertz CT molecular complexity index is 1460. The largest absolute Gasteiger partial charge is 0.493 e. The normalized spacial score (nSPS) is 16.2. The summed E-state index contributed by atoms with van der Waals surface area (Å²) < 4.78 is 12.6.